The number of imidazole rings is 1. The lowest BCUT2D eigenvalue weighted by molar-refractivity contribution is 0.254. The molecule has 1 saturated carbocycles. The van der Waals surface area contributed by atoms with E-state index in [1.54, 1.807) is 12.3 Å². The molecule has 1 heterocycles. The van der Waals surface area contributed by atoms with E-state index >= 15 is 0 Å². The van der Waals surface area contributed by atoms with Crippen molar-refractivity contribution in [1.29, 1.82) is 0 Å². The highest BCUT2D eigenvalue weighted by Gasteiger charge is 2.25. The molecule has 0 aliphatic heterocycles. The predicted molar refractivity (Wildman–Crippen MR) is 67.2 cm³/mol. The number of hydrogen-bond acceptors (Lipinski definition) is 3. The molecule has 5 heteroatoms. The van der Waals surface area contributed by atoms with Gasteiger partial charge in [0.15, 0.2) is 0 Å². The normalized spacial score (nSPS) is 14.6. The minimum Gasteiger partial charge on any atom is -0.487 e. The zero-order valence-corrected chi connectivity index (χ0v) is 10.4. The molecule has 0 unspecified atom stereocenters. The van der Waals surface area contributed by atoms with Crippen LogP contribution in [0, 0.1) is 5.82 Å². The second-order valence-electron chi connectivity index (χ2n) is 4.72. The van der Waals surface area contributed by atoms with Crippen molar-refractivity contribution in [3.8, 4) is 5.75 Å². The van der Waals surface area contributed by atoms with E-state index < -0.39 is 0 Å². The van der Waals surface area contributed by atoms with Crippen LogP contribution in [0.25, 0.3) is 0 Å². The number of ether oxygens (including phenoxy) is 1. The van der Waals surface area contributed by atoms with Crippen LogP contribution >= 0.6 is 0 Å². The van der Waals surface area contributed by atoms with Gasteiger partial charge >= 0.3 is 0 Å². The number of benzene rings is 1. The molecule has 1 N–H and O–H groups in total. The maximum Gasteiger partial charge on any atom is 0.130 e. The van der Waals surface area contributed by atoms with E-state index in [2.05, 4.69) is 9.55 Å². The van der Waals surface area contributed by atoms with Gasteiger partial charge in [-0.1, -0.05) is 0 Å². The van der Waals surface area contributed by atoms with Crippen molar-refractivity contribution in [2.75, 3.05) is 0 Å². The summed E-state index contributed by atoms with van der Waals surface area (Å²) in [6.07, 6.45) is 5.96. The van der Waals surface area contributed by atoms with Gasteiger partial charge in [-0.2, -0.15) is 0 Å². The average molecular weight is 262 g/mol. The Bertz CT molecular complexity index is 579. The molecule has 1 aromatic heterocycles. The van der Waals surface area contributed by atoms with Crippen LogP contribution in [0.15, 0.2) is 30.7 Å². The van der Waals surface area contributed by atoms with E-state index in [1.165, 1.54) is 25.0 Å². The van der Waals surface area contributed by atoms with Crippen molar-refractivity contribution in [3.05, 3.63) is 47.8 Å². The van der Waals surface area contributed by atoms with Crippen molar-refractivity contribution in [3.63, 3.8) is 0 Å². The molecule has 0 bridgehead atoms. The molecule has 100 valence electrons. The van der Waals surface area contributed by atoms with Gasteiger partial charge in [0, 0.05) is 11.6 Å². The van der Waals surface area contributed by atoms with E-state index in [4.69, 9.17) is 4.74 Å². The third-order valence-corrected chi connectivity index (χ3v) is 3.25. The van der Waals surface area contributed by atoms with Crippen LogP contribution in [0.5, 0.6) is 5.75 Å². The second-order valence-corrected chi connectivity index (χ2v) is 4.72. The fourth-order valence-corrected chi connectivity index (χ4v) is 2.09. The number of aliphatic hydroxyl groups excluding tert-OH is 1. The molecule has 1 fully saturated rings. The number of rotatable bonds is 5. The molecular weight excluding hydrogens is 247 g/mol. The summed E-state index contributed by atoms with van der Waals surface area (Å²) in [7, 11) is 0. The summed E-state index contributed by atoms with van der Waals surface area (Å²) in [6.45, 7) is 0.129. The lowest BCUT2D eigenvalue weighted by Gasteiger charge is -2.11. The van der Waals surface area contributed by atoms with Gasteiger partial charge in [-0.25, -0.2) is 9.37 Å². The molecule has 2 aromatic rings. The molecular formula is C14H15FN2O2. The second kappa shape index (κ2) is 5.01. The third-order valence-electron chi connectivity index (χ3n) is 3.25. The Labute approximate surface area is 110 Å². The maximum atomic E-state index is 13.0. The van der Waals surface area contributed by atoms with Crippen LogP contribution in [0.2, 0.25) is 0 Å². The summed E-state index contributed by atoms with van der Waals surface area (Å²) in [5.41, 5.74) is 1.45. The molecule has 4 nitrogen and oxygen atoms in total. The first-order chi connectivity index (χ1) is 9.28. The maximum absolute atomic E-state index is 13.0. The smallest absolute Gasteiger partial charge is 0.130 e. The molecule has 1 aromatic carbocycles. The van der Waals surface area contributed by atoms with Gasteiger partial charge in [0.1, 0.15) is 18.2 Å². The van der Waals surface area contributed by atoms with Crippen LogP contribution in [0.4, 0.5) is 4.39 Å². The Morgan fingerprint density at radius 2 is 2.26 bits per heavy atom. The van der Waals surface area contributed by atoms with E-state index in [0.29, 0.717) is 24.0 Å². The topological polar surface area (TPSA) is 47.3 Å². The Kier molecular flexibility index (Phi) is 3.21. The predicted octanol–water partition coefficient (Wildman–Crippen LogP) is 2.43. The summed E-state index contributed by atoms with van der Waals surface area (Å²) in [6, 6.07) is 4.70. The van der Waals surface area contributed by atoms with Crippen molar-refractivity contribution < 1.29 is 14.2 Å². The Hall–Kier alpha value is -1.88. The summed E-state index contributed by atoms with van der Waals surface area (Å²) < 4.78 is 20.8. The molecule has 19 heavy (non-hydrogen) atoms. The number of aliphatic hydroxyl groups is 1. The molecule has 0 saturated heterocycles. The average Bonchev–Trinajstić information content (AvgIpc) is 3.16. The lowest BCUT2D eigenvalue weighted by Crippen LogP contribution is -2.05. The zero-order chi connectivity index (χ0) is 13.2. The van der Waals surface area contributed by atoms with Crippen molar-refractivity contribution in [1.82, 2.24) is 9.55 Å². The first-order valence-electron chi connectivity index (χ1n) is 6.30. The third kappa shape index (κ3) is 2.61. The molecule has 0 atom stereocenters. The number of nitrogens with zero attached hydrogens (tertiary/aromatic N) is 2. The monoisotopic (exact) mass is 262 g/mol. The van der Waals surface area contributed by atoms with E-state index in [1.807, 2.05) is 6.33 Å². The molecule has 1 aliphatic carbocycles. The van der Waals surface area contributed by atoms with Gasteiger partial charge in [-0.05, 0) is 31.0 Å². The van der Waals surface area contributed by atoms with E-state index in [-0.39, 0.29) is 12.4 Å². The zero-order valence-electron chi connectivity index (χ0n) is 10.4. The van der Waals surface area contributed by atoms with Gasteiger partial charge in [0.2, 0.25) is 0 Å². The molecule has 0 spiro atoms. The summed E-state index contributed by atoms with van der Waals surface area (Å²) in [5, 5.41) is 9.19. The highest BCUT2D eigenvalue weighted by molar-refractivity contribution is 5.33. The van der Waals surface area contributed by atoms with Crippen molar-refractivity contribution in [2.24, 2.45) is 0 Å². The number of halogens is 1. The number of hydrogen-bond donors (Lipinski definition) is 1. The van der Waals surface area contributed by atoms with Gasteiger partial charge in [0.25, 0.3) is 0 Å². The molecule has 1 aliphatic rings. The molecule has 0 amide bonds. The number of aromatic nitrogens is 2. The van der Waals surface area contributed by atoms with Crippen molar-refractivity contribution >= 4 is 0 Å². The highest BCUT2D eigenvalue weighted by Crippen LogP contribution is 2.35. The molecule has 0 radical (unpaired) electrons. The van der Waals surface area contributed by atoms with Crippen LogP contribution in [0.3, 0.4) is 0 Å². The van der Waals surface area contributed by atoms with Gasteiger partial charge in [-0.15, -0.1) is 0 Å². The van der Waals surface area contributed by atoms with Crippen LogP contribution < -0.4 is 4.74 Å². The van der Waals surface area contributed by atoms with Gasteiger partial charge < -0.3 is 14.4 Å². The lowest BCUT2D eigenvalue weighted by atomic mass is 10.2. The minimum atomic E-state index is -0.376. The minimum absolute atomic E-state index is 0.241. The molecule has 3 rings (SSSR count). The SMILES string of the molecule is OCc1cc(F)ccc1OCc1cncn1C1CC1. The Balaban J connectivity index is 1.73. The first kappa shape index (κ1) is 12.2. The highest BCUT2D eigenvalue weighted by atomic mass is 19.1. The van der Waals surface area contributed by atoms with Crippen LogP contribution in [-0.4, -0.2) is 14.7 Å². The van der Waals surface area contributed by atoms with Gasteiger partial charge in [-0.3, -0.25) is 0 Å². The van der Waals surface area contributed by atoms with E-state index in [9.17, 15) is 9.50 Å². The fourth-order valence-electron chi connectivity index (χ4n) is 2.09. The quantitative estimate of drug-likeness (QED) is 0.900. The standard InChI is InChI=1S/C14H15FN2O2/c15-11-1-4-14(10(5-11)7-18)19-8-13-6-16-9-17(13)12-2-3-12/h1,4-6,9,12,18H,2-3,7-8H2. The summed E-state index contributed by atoms with van der Waals surface area (Å²) in [4.78, 5) is 4.13. The Morgan fingerprint density at radius 1 is 1.42 bits per heavy atom. The van der Waals surface area contributed by atoms with Crippen LogP contribution in [0.1, 0.15) is 30.1 Å². The fraction of sp³-hybridized carbons (Fsp3) is 0.357. The van der Waals surface area contributed by atoms with Crippen molar-refractivity contribution in [2.45, 2.75) is 32.1 Å². The largest absolute Gasteiger partial charge is 0.487 e. The van der Waals surface area contributed by atoms with E-state index in [0.717, 1.165) is 5.69 Å². The summed E-state index contributed by atoms with van der Waals surface area (Å²) >= 11 is 0. The van der Waals surface area contributed by atoms with Gasteiger partial charge in [0.05, 0.1) is 24.8 Å². The van der Waals surface area contributed by atoms with Crippen LogP contribution in [-0.2, 0) is 13.2 Å². The summed E-state index contributed by atoms with van der Waals surface area (Å²) in [5.74, 6) is 0.131. The first-order valence-corrected chi connectivity index (χ1v) is 6.30. The Morgan fingerprint density at radius 3 is 3.00 bits per heavy atom.